The molecule has 3 unspecified atom stereocenters. The first-order chi connectivity index (χ1) is 24.7. The second-order valence-corrected chi connectivity index (χ2v) is 15.9. The number of likely N-dealkylation sites (tertiary alicyclic amines) is 1. The van der Waals surface area contributed by atoms with Crippen LogP contribution in [-0.2, 0) is 10.2 Å². The Bertz CT molecular complexity index is 2090. The van der Waals surface area contributed by atoms with Crippen molar-refractivity contribution in [3.05, 3.63) is 101 Å². The highest BCUT2D eigenvalue weighted by Crippen LogP contribution is 2.40. The second kappa shape index (κ2) is 13.6. The number of aryl methyl sites for hydroxylation is 1. The molecule has 12 heteroatoms. The summed E-state index contributed by atoms with van der Waals surface area (Å²) in [5, 5.41) is 20.2. The monoisotopic (exact) mass is 704 g/mol. The summed E-state index contributed by atoms with van der Waals surface area (Å²) >= 11 is 0. The van der Waals surface area contributed by atoms with Gasteiger partial charge in [-0.1, -0.05) is 68.8 Å². The highest BCUT2D eigenvalue weighted by molar-refractivity contribution is 5.89. The summed E-state index contributed by atoms with van der Waals surface area (Å²) in [6.45, 7) is 15.1. The Morgan fingerprint density at radius 3 is 2.35 bits per heavy atom. The lowest BCUT2D eigenvalue weighted by molar-refractivity contribution is 0.0292. The number of anilines is 1. The molecule has 1 fully saturated rings. The van der Waals surface area contributed by atoms with Crippen LogP contribution in [0.15, 0.2) is 72.8 Å². The number of hydrogen-bond acceptors (Lipinski definition) is 7. The van der Waals surface area contributed by atoms with Crippen LogP contribution >= 0.6 is 0 Å². The Hall–Kier alpha value is -5.39. The predicted octanol–water partition coefficient (Wildman–Crippen LogP) is 8.02. The van der Waals surface area contributed by atoms with Crippen LogP contribution in [0.1, 0.15) is 107 Å². The zero-order valence-electron chi connectivity index (χ0n) is 31.0. The van der Waals surface area contributed by atoms with Gasteiger partial charge in [-0.05, 0) is 82.3 Å². The molecule has 0 radical (unpaired) electrons. The Morgan fingerprint density at radius 1 is 0.865 bits per heavy atom. The van der Waals surface area contributed by atoms with Crippen molar-refractivity contribution in [1.29, 1.82) is 0 Å². The maximum atomic E-state index is 13.6. The van der Waals surface area contributed by atoms with Crippen molar-refractivity contribution in [2.75, 3.05) is 18.4 Å². The first-order valence-corrected chi connectivity index (χ1v) is 18.1. The summed E-state index contributed by atoms with van der Waals surface area (Å²) in [5.41, 5.74) is 4.85. The molecule has 12 nitrogen and oxygen atoms in total. The molecule has 1 aliphatic heterocycles. The zero-order valence-corrected chi connectivity index (χ0v) is 31.0. The van der Waals surface area contributed by atoms with Gasteiger partial charge in [0.2, 0.25) is 5.88 Å². The van der Waals surface area contributed by atoms with Crippen LogP contribution in [0.3, 0.4) is 0 Å². The van der Waals surface area contributed by atoms with Crippen LogP contribution in [0, 0.1) is 6.92 Å². The van der Waals surface area contributed by atoms with E-state index in [1.807, 2.05) is 92.8 Å². The number of carbonyl (C=O) groups is 2. The molecule has 0 bridgehead atoms. The van der Waals surface area contributed by atoms with Crippen molar-refractivity contribution in [1.82, 2.24) is 34.6 Å². The molecular formula is C40H48N8O4. The maximum absolute atomic E-state index is 13.6. The van der Waals surface area contributed by atoms with Crippen LogP contribution in [0.4, 0.5) is 15.4 Å². The van der Waals surface area contributed by atoms with E-state index < -0.39 is 5.60 Å². The number of benzene rings is 2. The van der Waals surface area contributed by atoms with Gasteiger partial charge in [-0.25, -0.2) is 18.7 Å². The van der Waals surface area contributed by atoms with Gasteiger partial charge < -0.3 is 19.7 Å². The Kier molecular flexibility index (Phi) is 9.18. The number of carbonyl (C=O) groups excluding carboxylic acids is 2. The molecule has 272 valence electrons. The van der Waals surface area contributed by atoms with Gasteiger partial charge in [0.15, 0.2) is 5.65 Å². The number of aromatic nitrogens is 5. The Morgan fingerprint density at radius 2 is 1.62 bits per heavy atom. The standard InChI is InChI=1S/C40H48N8O4/c1-25-15-17-27(18-16-25)48-34(23-32(45-48)39(2,3)4)42-37(49)41-30-19-20-31(29-12-9-8-11-28(29)30)51-35-14-10-13-33-43-44-36(47(33)35)26-21-22-46(24-26)38(50)52-40(5,6)7/h8-18,23,26,30-31H,19-22,24H2,1-7H3,(H2,41,42,49). The lowest BCUT2D eigenvalue weighted by Crippen LogP contribution is -2.36. The van der Waals surface area contributed by atoms with E-state index in [9.17, 15) is 9.59 Å². The van der Waals surface area contributed by atoms with Crippen molar-refractivity contribution in [2.24, 2.45) is 0 Å². The van der Waals surface area contributed by atoms with Gasteiger partial charge in [0.25, 0.3) is 0 Å². The van der Waals surface area contributed by atoms with Gasteiger partial charge in [-0.2, -0.15) is 5.10 Å². The first kappa shape index (κ1) is 35.0. The molecule has 4 heterocycles. The maximum Gasteiger partial charge on any atom is 0.410 e. The molecule has 52 heavy (non-hydrogen) atoms. The summed E-state index contributed by atoms with van der Waals surface area (Å²) in [6, 6.07) is 23.4. The fourth-order valence-electron chi connectivity index (χ4n) is 6.95. The van der Waals surface area contributed by atoms with E-state index in [4.69, 9.17) is 14.6 Å². The molecular weight excluding hydrogens is 656 g/mol. The highest BCUT2D eigenvalue weighted by Gasteiger charge is 2.35. The number of fused-ring (bicyclic) bond motifs is 2. The number of amides is 3. The smallest absolute Gasteiger partial charge is 0.410 e. The number of ether oxygens (including phenoxy) is 2. The average molecular weight is 705 g/mol. The van der Waals surface area contributed by atoms with Gasteiger partial charge in [-0.3, -0.25) is 5.32 Å². The van der Waals surface area contributed by atoms with E-state index in [-0.39, 0.29) is 35.6 Å². The summed E-state index contributed by atoms with van der Waals surface area (Å²) < 4.78 is 16.2. The average Bonchev–Trinajstić information content (AvgIpc) is 3.85. The van der Waals surface area contributed by atoms with Gasteiger partial charge in [0.05, 0.1) is 17.4 Å². The molecule has 0 saturated carbocycles. The molecule has 2 aromatic carbocycles. The number of hydrogen-bond donors (Lipinski definition) is 2. The zero-order chi connectivity index (χ0) is 36.8. The van der Waals surface area contributed by atoms with Gasteiger partial charge >= 0.3 is 12.1 Å². The molecule has 2 N–H and O–H groups in total. The number of rotatable bonds is 6. The van der Waals surface area contributed by atoms with Crippen LogP contribution in [0.2, 0.25) is 0 Å². The topological polar surface area (TPSA) is 128 Å². The van der Waals surface area contributed by atoms with Crippen LogP contribution in [0.25, 0.3) is 11.3 Å². The minimum Gasteiger partial charge on any atom is -0.470 e. The van der Waals surface area contributed by atoms with Crippen LogP contribution < -0.4 is 15.4 Å². The van der Waals surface area contributed by atoms with E-state index in [1.54, 1.807) is 9.58 Å². The minimum atomic E-state index is -0.562. The van der Waals surface area contributed by atoms with E-state index in [0.717, 1.165) is 40.3 Å². The molecule has 3 aromatic heterocycles. The third kappa shape index (κ3) is 7.33. The highest BCUT2D eigenvalue weighted by atomic mass is 16.6. The molecule has 7 rings (SSSR count). The van der Waals surface area contributed by atoms with Crippen molar-refractivity contribution in [2.45, 2.75) is 96.8 Å². The number of urea groups is 1. The molecule has 3 amide bonds. The normalized spacial score (nSPS) is 19.0. The lowest BCUT2D eigenvalue weighted by atomic mass is 9.85. The van der Waals surface area contributed by atoms with Crippen molar-refractivity contribution >= 4 is 23.6 Å². The van der Waals surface area contributed by atoms with Gasteiger partial charge in [0, 0.05) is 30.5 Å². The van der Waals surface area contributed by atoms with Crippen molar-refractivity contribution in [3.63, 3.8) is 0 Å². The van der Waals surface area contributed by atoms with Crippen LogP contribution in [0.5, 0.6) is 5.88 Å². The molecule has 0 spiro atoms. The molecule has 5 aromatic rings. The SMILES string of the molecule is Cc1ccc(-n2nc(C(C)(C)C)cc2NC(=O)NC2CCC(Oc3cccc4nnc(C5CCN(C(=O)OC(C)(C)C)C5)n34)c3ccccc32)cc1. The third-order valence-electron chi connectivity index (χ3n) is 9.62. The largest absolute Gasteiger partial charge is 0.470 e. The van der Waals surface area contributed by atoms with Crippen molar-refractivity contribution < 1.29 is 19.1 Å². The third-order valence-corrected chi connectivity index (χ3v) is 9.62. The number of nitrogens with one attached hydrogen (secondary N) is 2. The summed E-state index contributed by atoms with van der Waals surface area (Å²) in [6.07, 6.45) is 1.54. The molecule has 2 aliphatic rings. The van der Waals surface area contributed by atoms with Gasteiger partial charge in [0.1, 0.15) is 23.3 Å². The summed E-state index contributed by atoms with van der Waals surface area (Å²) in [5.74, 6) is 1.98. The molecule has 3 atom stereocenters. The van der Waals surface area contributed by atoms with E-state index in [2.05, 4.69) is 53.7 Å². The lowest BCUT2D eigenvalue weighted by Gasteiger charge is -2.32. The fourth-order valence-corrected chi connectivity index (χ4v) is 6.95. The Balaban J connectivity index is 1.08. The predicted molar refractivity (Wildman–Crippen MR) is 199 cm³/mol. The van der Waals surface area contributed by atoms with Crippen molar-refractivity contribution in [3.8, 4) is 11.6 Å². The minimum absolute atomic E-state index is 0.0141. The van der Waals surface area contributed by atoms with E-state index >= 15 is 0 Å². The summed E-state index contributed by atoms with van der Waals surface area (Å²) in [4.78, 5) is 28.2. The van der Waals surface area contributed by atoms with Crippen LogP contribution in [-0.4, -0.2) is 60.1 Å². The quantitative estimate of drug-likeness (QED) is 0.183. The first-order valence-electron chi connectivity index (χ1n) is 18.1. The molecule has 1 saturated heterocycles. The fraction of sp³-hybridized carbons (Fsp3) is 0.425. The van der Waals surface area contributed by atoms with E-state index in [0.29, 0.717) is 43.3 Å². The number of pyridine rings is 1. The summed E-state index contributed by atoms with van der Waals surface area (Å²) in [7, 11) is 0. The second-order valence-electron chi connectivity index (χ2n) is 15.9. The molecule has 1 aliphatic carbocycles. The van der Waals surface area contributed by atoms with Gasteiger partial charge in [-0.15, -0.1) is 10.2 Å². The number of nitrogens with zero attached hydrogens (tertiary/aromatic N) is 6. The van der Waals surface area contributed by atoms with E-state index in [1.165, 1.54) is 0 Å². The Labute approximate surface area is 304 Å².